The molecule has 0 fully saturated rings. The number of ether oxygens (including phenoxy) is 1. The highest BCUT2D eigenvalue weighted by Crippen LogP contribution is 2.16. The van der Waals surface area contributed by atoms with Gasteiger partial charge in [0.1, 0.15) is 12.4 Å². The molecule has 162 valence electrons. The first-order valence-electron chi connectivity index (χ1n) is 10.5. The number of hydrogen-bond acceptors (Lipinski definition) is 5. The van der Waals surface area contributed by atoms with Crippen LogP contribution in [0.4, 0.5) is 0 Å². The Morgan fingerprint density at radius 1 is 1.00 bits per heavy atom. The molecule has 0 radical (unpaired) electrons. The van der Waals surface area contributed by atoms with E-state index in [9.17, 15) is 9.59 Å². The number of nitrogens with one attached hydrogen (secondary N) is 1. The second-order valence-electron chi connectivity index (χ2n) is 7.40. The maximum atomic E-state index is 12.9. The number of aromatic nitrogens is 3. The van der Waals surface area contributed by atoms with E-state index >= 15 is 0 Å². The van der Waals surface area contributed by atoms with Crippen LogP contribution in [0.15, 0.2) is 77.9 Å². The van der Waals surface area contributed by atoms with Crippen LogP contribution in [0.2, 0.25) is 0 Å². The van der Waals surface area contributed by atoms with Crippen LogP contribution in [0.5, 0.6) is 5.75 Å². The molecular weight excluding hydrogens is 404 g/mol. The lowest BCUT2D eigenvalue weighted by Crippen LogP contribution is -2.30. The van der Waals surface area contributed by atoms with Gasteiger partial charge in [-0.05, 0) is 36.2 Å². The van der Waals surface area contributed by atoms with Crippen LogP contribution in [0.1, 0.15) is 35.0 Å². The molecular formula is C25H24N4O3. The van der Waals surface area contributed by atoms with Gasteiger partial charge in [0.2, 0.25) is 0 Å². The Morgan fingerprint density at radius 3 is 2.50 bits per heavy atom. The first-order chi connectivity index (χ1) is 15.7. The molecule has 0 aliphatic carbocycles. The quantitative estimate of drug-likeness (QED) is 0.462. The molecule has 0 saturated heterocycles. The molecule has 0 atom stereocenters. The third-order valence-corrected chi connectivity index (χ3v) is 5.02. The Kier molecular flexibility index (Phi) is 6.55. The van der Waals surface area contributed by atoms with E-state index in [0.717, 1.165) is 23.3 Å². The molecule has 0 spiro atoms. The van der Waals surface area contributed by atoms with Crippen molar-refractivity contribution < 1.29 is 9.53 Å². The minimum absolute atomic E-state index is 0.180. The van der Waals surface area contributed by atoms with Crippen LogP contribution >= 0.6 is 0 Å². The van der Waals surface area contributed by atoms with Gasteiger partial charge in [0.05, 0.1) is 5.39 Å². The summed E-state index contributed by atoms with van der Waals surface area (Å²) >= 11 is 0. The normalized spacial score (nSPS) is 10.8. The van der Waals surface area contributed by atoms with Crippen molar-refractivity contribution in [1.82, 2.24) is 20.1 Å². The Bertz CT molecular complexity index is 1270. The van der Waals surface area contributed by atoms with Crippen molar-refractivity contribution >= 4 is 16.7 Å². The number of aryl methyl sites for hydroxylation is 1. The molecule has 2 aromatic heterocycles. The van der Waals surface area contributed by atoms with Crippen molar-refractivity contribution in [1.29, 1.82) is 0 Å². The zero-order valence-electron chi connectivity index (χ0n) is 17.8. The highest BCUT2D eigenvalue weighted by molar-refractivity contribution is 6.04. The number of nitrogens with zero attached hydrogens (tertiary/aromatic N) is 3. The number of fused-ring (bicyclic) bond motifs is 1. The van der Waals surface area contributed by atoms with E-state index in [-0.39, 0.29) is 17.2 Å². The van der Waals surface area contributed by atoms with Crippen LogP contribution in [0, 0.1) is 0 Å². The minimum Gasteiger partial charge on any atom is -0.489 e. The van der Waals surface area contributed by atoms with Crippen molar-refractivity contribution in [3.8, 4) is 5.75 Å². The topological polar surface area (TPSA) is 86.1 Å². The van der Waals surface area contributed by atoms with Crippen molar-refractivity contribution in [2.75, 3.05) is 0 Å². The van der Waals surface area contributed by atoms with Crippen molar-refractivity contribution in [2.45, 2.75) is 33.0 Å². The molecule has 7 heteroatoms. The van der Waals surface area contributed by atoms with Crippen LogP contribution in [0.25, 0.3) is 10.8 Å². The van der Waals surface area contributed by atoms with Crippen LogP contribution in [-0.2, 0) is 19.7 Å². The molecule has 0 aliphatic rings. The molecule has 4 aromatic rings. The Labute approximate surface area is 185 Å². The molecule has 7 nitrogen and oxygen atoms in total. The SMILES string of the molecule is CCCn1nc(C(=O)NCc2ccc(OCc3cccnc3)cc2)c2ccccc2c1=O. The van der Waals surface area contributed by atoms with Gasteiger partial charge in [-0.2, -0.15) is 5.10 Å². The van der Waals surface area contributed by atoms with Crippen molar-refractivity contribution in [2.24, 2.45) is 0 Å². The molecule has 2 aromatic carbocycles. The summed E-state index contributed by atoms with van der Waals surface area (Å²) in [5, 5.41) is 8.30. The van der Waals surface area contributed by atoms with Gasteiger partial charge >= 0.3 is 0 Å². The monoisotopic (exact) mass is 428 g/mol. The maximum absolute atomic E-state index is 12.9. The second-order valence-corrected chi connectivity index (χ2v) is 7.40. The fraction of sp³-hybridized carbons (Fsp3) is 0.200. The fourth-order valence-corrected chi connectivity index (χ4v) is 3.39. The lowest BCUT2D eigenvalue weighted by Gasteiger charge is -2.11. The number of pyridine rings is 1. The van der Waals surface area contributed by atoms with E-state index in [0.29, 0.717) is 30.5 Å². The highest BCUT2D eigenvalue weighted by Gasteiger charge is 2.16. The highest BCUT2D eigenvalue weighted by atomic mass is 16.5. The summed E-state index contributed by atoms with van der Waals surface area (Å²) in [5.41, 5.74) is 2.00. The average molecular weight is 428 g/mol. The third-order valence-electron chi connectivity index (χ3n) is 5.02. The van der Waals surface area contributed by atoms with Gasteiger partial charge in [0, 0.05) is 36.4 Å². The van der Waals surface area contributed by atoms with Gasteiger partial charge in [0.15, 0.2) is 5.69 Å². The summed E-state index contributed by atoms with van der Waals surface area (Å²) < 4.78 is 7.13. The van der Waals surface area contributed by atoms with E-state index in [2.05, 4.69) is 15.4 Å². The number of amides is 1. The smallest absolute Gasteiger partial charge is 0.274 e. The van der Waals surface area contributed by atoms with Crippen molar-refractivity contribution in [3.05, 3.63) is 100 Å². The summed E-state index contributed by atoms with van der Waals surface area (Å²) in [6.45, 7) is 3.21. The molecule has 32 heavy (non-hydrogen) atoms. The van der Waals surface area contributed by atoms with Gasteiger partial charge in [0.25, 0.3) is 11.5 Å². The van der Waals surface area contributed by atoms with Gasteiger partial charge in [-0.25, -0.2) is 4.68 Å². The summed E-state index contributed by atoms with van der Waals surface area (Å²) in [7, 11) is 0. The summed E-state index contributed by atoms with van der Waals surface area (Å²) in [5.74, 6) is 0.422. The molecule has 0 bridgehead atoms. The minimum atomic E-state index is -0.317. The fourth-order valence-electron chi connectivity index (χ4n) is 3.39. The second kappa shape index (κ2) is 9.87. The maximum Gasteiger partial charge on any atom is 0.274 e. The Hall–Kier alpha value is -4.00. The first-order valence-corrected chi connectivity index (χ1v) is 10.5. The van der Waals surface area contributed by atoms with E-state index in [1.165, 1.54) is 4.68 Å². The van der Waals surface area contributed by atoms with E-state index in [1.807, 2.05) is 43.3 Å². The Balaban J connectivity index is 1.44. The van der Waals surface area contributed by atoms with E-state index < -0.39 is 0 Å². The predicted molar refractivity (Wildman–Crippen MR) is 122 cm³/mol. The molecule has 2 heterocycles. The van der Waals surface area contributed by atoms with Gasteiger partial charge in [-0.3, -0.25) is 14.6 Å². The molecule has 4 rings (SSSR count). The number of carbonyl (C=O) groups is 1. The largest absolute Gasteiger partial charge is 0.489 e. The average Bonchev–Trinajstić information content (AvgIpc) is 2.84. The zero-order valence-corrected chi connectivity index (χ0v) is 17.8. The summed E-state index contributed by atoms with van der Waals surface area (Å²) in [6.07, 6.45) is 4.25. The van der Waals surface area contributed by atoms with Crippen LogP contribution < -0.4 is 15.6 Å². The summed E-state index contributed by atoms with van der Waals surface area (Å²) in [6, 6.07) is 18.4. The molecule has 1 N–H and O–H groups in total. The zero-order chi connectivity index (χ0) is 22.3. The number of hydrogen-bond donors (Lipinski definition) is 1. The molecule has 0 aliphatic heterocycles. The predicted octanol–water partition coefficient (Wildman–Crippen LogP) is 3.71. The lowest BCUT2D eigenvalue weighted by molar-refractivity contribution is 0.0945. The van der Waals surface area contributed by atoms with Gasteiger partial charge < -0.3 is 10.1 Å². The number of rotatable bonds is 8. The Morgan fingerprint density at radius 2 is 1.78 bits per heavy atom. The van der Waals surface area contributed by atoms with Crippen molar-refractivity contribution in [3.63, 3.8) is 0 Å². The number of benzene rings is 2. The van der Waals surface area contributed by atoms with E-state index in [1.54, 1.807) is 36.7 Å². The number of carbonyl (C=O) groups excluding carboxylic acids is 1. The lowest BCUT2D eigenvalue weighted by atomic mass is 10.1. The molecule has 0 saturated carbocycles. The standard InChI is InChI=1S/C25H24N4O3/c1-2-14-29-25(31)22-8-4-3-7-21(22)23(28-29)24(30)27-16-18-9-11-20(12-10-18)32-17-19-6-5-13-26-15-19/h3-13,15H,2,14,16-17H2,1H3,(H,27,30). The van der Waals surface area contributed by atoms with E-state index in [4.69, 9.17) is 4.74 Å². The van der Waals surface area contributed by atoms with Gasteiger partial charge in [-0.1, -0.05) is 43.3 Å². The van der Waals surface area contributed by atoms with Crippen LogP contribution in [-0.4, -0.2) is 20.7 Å². The molecule has 0 unspecified atom stereocenters. The molecule has 1 amide bonds. The first kappa shape index (κ1) is 21.2. The van der Waals surface area contributed by atoms with Gasteiger partial charge in [-0.15, -0.1) is 0 Å². The third kappa shape index (κ3) is 4.83. The van der Waals surface area contributed by atoms with Crippen LogP contribution in [0.3, 0.4) is 0 Å². The summed E-state index contributed by atoms with van der Waals surface area (Å²) in [4.78, 5) is 29.6.